The topological polar surface area (TPSA) is 43.3 Å². The number of ether oxygens (including phenoxy) is 3. The molecular formula is C23H17BrN2O3. The minimum absolute atomic E-state index is 0.129. The van der Waals surface area contributed by atoms with Gasteiger partial charge in [-0.3, -0.25) is 0 Å². The summed E-state index contributed by atoms with van der Waals surface area (Å²) in [5.41, 5.74) is 4.30. The zero-order valence-corrected chi connectivity index (χ0v) is 17.0. The van der Waals surface area contributed by atoms with Crippen LogP contribution in [0.2, 0.25) is 0 Å². The van der Waals surface area contributed by atoms with Crippen molar-refractivity contribution in [3.05, 3.63) is 87.9 Å². The Balaban J connectivity index is 1.44. The fourth-order valence-electron chi connectivity index (χ4n) is 4.16. The summed E-state index contributed by atoms with van der Waals surface area (Å²) in [6.45, 7) is 0.270. The molecule has 0 unspecified atom stereocenters. The lowest BCUT2D eigenvalue weighted by molar-refractivity contribution is -0.0190. The normalized spacial score (nSPS) is 21.3. The van der Waals surface area contributed by atoms with E-state index in [0.717, 1.165) is 45.0 Å². The van der Waals surface area contributed by atoms with E-state index in [1.807, 2.05) is 42.5 Å². The lowest BCUT2D eigenvalue weighted by Crippen LogP contribution is -2.33. The molecule has 0 saturated carbocycles. The van der Waals surface area contributed by atoms with Gasteiger partial charge in [-0.2, -0.15) is 5.10 Å². The molecule has 0 bridgehead atoms. The fourth-order valence-corrected chi connectivity index (χ4v) is 4.58. The molecule has 0 N–H and O–H groups in total. The third kappa shape index (κ3) is 2.78. The first kappa shape index (κ1) is 16.9. The van der Waals surface area contributed by atoms with E-state index >= 15 is 0 Å². The molecule has 0 aromatic heterocycles. The van der Waals surface area contributed by atoms with E-state index in [0.29, 0.717) is 0 Å². The number of hydrazone groups is 1. The Bertz CT molecular complexity index is 1150. The molecule has 6 heteroatoms. The van der Waals surface area contributed by atoms with E-state index < -0.39 is 0 Å². The Morgan fingerprint density at radius 1 is 0.897 bits per heavy atom. The number of benzene rings is 3. The second-order valence-corrected chi connectivity index (χ2v) is 8.19. The van der Waals surface area contributed by atoms with Gasteiger partial charge in [0.15, 0.2) is 11.5 Å². The summed E-state index contributed by atoms with van der Waals surface area (Å²) in [5, 5.41) is 7.09. The van der Waals surface area contributed by atoms with Crippen molar-refractivity contribution in [3.8, 4) is 17.2 Å². The lowest BCUT2D eigenvalue weighted by Gasteiger charge is -2.38. The molecule has 3 aromatic carbocycles. The molecule has 2 atom stereocenters. The van der Waals surface area contributed by atoms with Crippen molar-refractivity contribution in [1.82, 2.24) is 5.01 Å². The van der Waals surface area contributed by atoms with Crippen LogP contribution in [0.4, 0.5) is 0 Å². The van der Waals surface area contributed by atoms with Crippen LogP contribution in [0.1, 0.15) is 35.4 Å². The molecule has 0 amide bonds. The zero-order valence-electron chi connectivity index (χ0n) is 15.4. The molecular weight excluding hydrogens is 432 g/mol. The van der Waals surface area contributed by atoms with Gasteiger partial charge in [-0.25, -0.2) is 5.01 Å². The van der Waals surface area contributed by atoms with Gasteiger partial charge in [0.05, 0.1) is 11.8 Å². The monoisotopic (exact) mass is 448 g/mol. The third-order valence-corrected chi connectivity index (χ3v) is 6.03. The average molecular weight is 449 g/mol. The number of fused-ring (bicyclic) bond motifs is 4. The van der Waals surface area contributed by atoms with E-state index in [9.17, 15) is 0 Å². The standard InChI is InChI=1S/C23H17BrN2O3/c24-16-5-3-4-15(10-16)23-26-19(17-6-1-2-7-20(17)29-23)12-18(25-26)14-8-9-21-22(11-14)28-13-27-21/h1-11,19,23H,12-13H2/t19-,23+/m0/s1. The van der Waals surface area contributed by atoms with Crippen molar-refractivity contribution in [2.45, 2.75) is 18.7 Å². The first-order chi connectivity index (χ1) is 14.3. The first-order valence-electron chi connectivity index (χ1n) is 9.53. The van der Waals surface area contributed by atoms with Crippen LogP contribution < -0.4 is 14.2 Å². The smallest absolute Gasteiger partial charge is 0.231 e. The van der Waals surface area contributed by atoms with Gasteiger partial charge in [-0.05, 0) is 36.4 Å². The molecule has 3 aliphatic rings. The van der Waals surface area contributed by atoms with E-state index in [1.165, 1.54) is 5.56 Å². The van der Waals surface area contributed by atoms with Crippen LogP contribution in [0.5, 0.6) is 17.2 Å². The second kappa shape index (κ2) is 6.52. The van der Waals surface area contributed by atoms with Crippen LogP contribution in [0.15, 0.2) is 76.3 Å². The molecule has 0 aliphatic carbocycles. The highest BCUT2D eigenvalue weighted by Crippen LogP contribution is 2.48. The summed E-state index contributed by atoms with van der Waals surface area (Å²) in [6, 6.07) is 22.6. The van der Waals surface area contributed by atoms with Gasteiger partial charge in [0.2, 0.25) is 13.0 Å². The number of hydrogen-bond donors (Lipinski definition) is 0. The maximum atomic E-state index is 6.40. The maximum Gasteiger partial charge on any atom is 0.231 e. The summed E-state index contributed by atoms with van der Waals surface area (Å²) in [4.78, 5) is 0. The van der Waals surface area contributed by atoms with E-state index in [-0.39, 0.29) is 19.1 Å². The van der Waals surface area contributed by atoms with Crippen molar-refractivity contribution in [2.75, 3.05) is 6.79 Å². The Kier molecular flexibility index (Phi) is 3.81. The van der Waals surface area contributed by atoms with Crippen molar-refractivity contribution in [2.24, 2.45) is 5.10 Å². The first-order valence-corrected chi connectivity index (χ1v) is 10.3. The molecule has 5 nitrogen and oxygen atoms in total. The molecule has 3 heterocycles. The number of para-hydroxylation sites is 1. The van der Waals surface area contributed by atoms with Crippen molar-refractivity contribution in [3.63, 3.8) is 0 Å². The van der Waals surface area contributed by atoms with Crippen molar-refractivity contribution < 1.29 is 14.2 Å². The largest absolute Gasteiger partial charge is 0.464 e. The minimum atomic E-state index is -0.279. The Morgan fingerprint density at radius 2 is 1.79 bits per heavy atom. The number of nitrogens with zero attached hydrogens (tertiary/aromatic N) is 2. The molecule has 29 heavy (non-hydrogen) atoms. The van der Waals surface area contributed by atoms with Gasteiger partial charge in [-0.15, -0.1) is 0 Å². The van der Waals surface area contributed by atoms with Crippen LogP contribution in [0.25, 0.3) is 0 Å². The lowest BCUT2D eigenvalue weighted by atomic mass is 9.96. The highest BCUT2D eigenvalue weighted by atomic mass is 79.9. The predicted molar refractivity (Wildman–Crippen MR) is 112 cm³/mol. The third-order valence-electron chi connectivity index (χ3n) is 5.54. The number of halogens is 1. The van der Waals surface area contributed by atoms with Crippen LogP contribution in [0.3, 0.4) is 0 Å². The average Bonchev–Trinajstić information content (AvgIpc) is 3.40. The highest BCUT2D eigenvalue weighted by molar-refractivity contribution is 9.10. The zero-order chi connectivity index (χ0) is 19.4. The molecule has 0 spiro atoms. The molecule has 6 rings (SSSR count). The molecule has 0 saturated heterocycles. The van der Waals surface area contributed by atoms with Crippen LogP contribution in [-0.4, -0.2) is 17.5 Å². The predicted octanol–water partition coefficient (Wildman–Crippen LogP) is 5.42. The van der Waals surface area contributed by atoms with Gasteiger partial charge in [0.1, 0.15) is 5.75 Å². The maximum absolute atomic E-state index is 6.40. The summed E-state index contributed by atoms with van der Waals surface area (Å²) in [7, 11) is 0. The molecule has 3 aliphatic heterocycles. The van der Waals surface area contributed by atoms with E-state index in [1.54, 1.807) is 0 Å². The van der Waals surface area contributed by atoms with Gasteiger partial charge < -0.3 is 14.2 Å². The Morgan fingerprint density at radius 3 is 2.72 bits per heavy atom. The quantitative estimate of drug-likeness (QED) is 0.524. The van der Waals surface area contributed by atoms with Gasteiger partial charge in [-0.1, -0.05) is 46.3 Å². The van der Waals surface area contributed by atoms with Crippen LogP contribution in [-0.2, 0) is 0 Å². The van der Waals surface area contributed by atoms with E-state index in [2.05, 4.69) is 45.2 Å². The molecule has 144 valence electrons. The van der Waals surface area contributed by atoms with Crippen molar-refractivity contribution >= 4 is 21.6 Å². The van der Waals surface area contributed by atoms with E-state index in [4.69, 9.17) is 19.3 Å². The summed E-state index contributed by atoms with van der Waals surface area (Å²) in [5.74, 6) is 2.47. The van der Waals surface area contributed by atoms with Gasteiger partial charge in [0, 0.05) is 27.6 Å². The fraction of sp³-hybridized carbons (Fsp3) is 0.174. The SMILES string of the molecule is Brc1cccc([C@H]2Oc3ccccc3[C@@H]3CC(c4ccc5c(c4)OCO5)=NN23)c1. The summed E-state index contributed by atoms with van der Waals surface area (Å²) >= 11 is 3.57. The summed E-state index contributed by atoms with van der Waals surface area (Å²) in [6.07, 6.45) is 0.531. The van der Waals surface area contributed by atoms with Crippen LogP contribution >= 0.6 is 15.9 Å². The molecule has 0 radical (unpaired) electrons. The Hall–Kier alpha value is -2.99. The summed E-state index contributed by atoms with van der Waals surface area (Å²) < 4.78 is 18.4. The van der Waals surface area contributed by atoms with Crippen LogP contribution in [0, 0.1) is 0 Å². The molecule has 3 aromatic rings. The number of hydrogen-bond acceptors (Lipinski definition) is 5. The number of rotatable bonds is 2. The van der Waals surface area contributed by atoms with Crippen molar-refractivity contribution in [1.29, 1.82) is 0 Å². The highest BCUT2D eigenvalue weighted by Gasteiger charge is 2.41. The van der Waals surface area contributed by atoms with Gasteiger partial charge >= 0.3 is 0 Å². The van der Waals surface area contributed by atoms with Gasteiger partial charge in [0.25, 0.3) is 0 Å². The Labute approximate surface area is 176 Å². The molecule has 0 fully saturated rings. The minimum Gasteiger partial charge on any atom is -0.464 e. The second-order valence-electron chi connectivity index (χ2n) is 7.28.